The van der Waals surface area contributed by atoms with Gasteiger partial charge < -0.3 is 11.1 Å². The van der Waals surface area contributed by atoms with Gasteiger partial charge in [0, 0.05) is 29.7 Å². The van der Waals surface area contributed by atoms with Gasteiger partial charge >= 0.3 is 0 Å². The summed E-state index contributed by atoms with van der Waals surface area (Å²) in [5, 5.41) is 6.20. The van der Waals surface area contributed by atoms with Crippen LogP contribution in [0.2, 0.25) is 0 Å². The van der Waals surface area contributed by atoms with Gasteiger partial charge in [0.05, 0.1) is 10.4 Å². The van der Waals surface area contributed by atoms with E-state index in [4.69, 9.17) is 5.73 Å². The summed E-state index contributed by atoms with van der Waals surface area (Å²) in [6.45, 7) is 6.52. The molecule has 0 atom stereocenters. The number of nitrogens with zero attached hydrogens (tertiary/aromatic N) is 1. The van der Waals surface area contributed by atoms with Crippen molar-refractivity contribution in [1.29, 1.82) is 0 Å². The molecule has 0 spiro atoms. The molecule has 0 bridgehead atoms. The third-order valence-corrected chi connectivity index (χ3v) is 4.75. The Labute approximate surface area is 135 Å². The molecule has 4 nitrogen and oxygen atoms in total. The van der Waals surface area contributed by atoms with Crippen LogP contribution in [-0.4, -0.2) is 17.4 Å². The number of rotatable bonds is 6. The molecule has 0 radical (unpaired) electrons. The first-order chi connectivity index (χ1) is 10.4. The highest BCUT2D eigenvalue weighted by atomic mass is 32.1. The second kappa shape index (κ2) is 6.92. The number of aryl methyl sites for hydroxylation is 2. The van der Waals surface area contributed by atoms with Gasteiger partial charge in [0.1, 0.15) is 0 Å². The van der Waals surface area contributed by atoms with E-state index >= 15 is 0 Å². The largest absolute Gasteiger partial charge is 0.399 e. The molecule has 0 aliphatic carbocycles. The topological polar surface area (TPSA) is 68.0 Å². The van der Waals surface area contributed by atoms with Gasteiger partial charge in [-0.25, -0.2) is 4.98 Å². The van der Waals surface area contributed by atoms with Gasteiger partial charge in [0.2, 0.25) is 5.91 Å². The molecule has 118 valence electrons. The number of carbonyl (C=O) groups excluding carboxylic acids is 1. The van der Waals surface area contributed by atoms with Gasteiger partial charge in [-0.2, -0.15) is 0 Å². The highest BCUT2D eigenvalue weighted by Gasteiger charge is 2.29. The number of benzene rings is 1. The van der Waals surface area contributed by atoms with Crippen LogP contribution in [0.3, 0.4) is 0 Å². The van der Waals surface area contributed by atoms with Crippen molar-refractivity contribution in [3.63, 3.8) is 0 Å². The van der Waals surface area contributed by atoms with E-state index in [0.29, 0.717) is 12.2 Å². The molecule has 1 amide bonds. The summed E-state index contributed by atoms with van der Waals surface area (Å²) in [5.41, 5.74) is 7.87. The first kappa shape index (κ1) is 16.5. The molecule has 2 aromatic rings. The van der Waals surface area contributed by atoms with Crippen molar-refractivity contribution in [3.05, 3.63) is 45.9 Å². The quantitative estimate of drug-likeness (QED) is 0.635. The smallest absolute Gasteiger partial charge is 0.230 e. The molecule has 0 aliphatic heterocycles. The van der Waals surface area contributed by atoms with Crippen molar-refractivity contribution < 1.29 is 4.79 Å². The van der Waals surface area contributed by atoms with Crippen LogP contribution in [0.5, 0.6) is 0 Å². The Morgan fingerprint density at radius 1 is 1.32 bits per heavy atom. The molecule has 1 heterocycles. The average molecular weight is 317 g/mol. The summed E-state index contributed by atoms with van der Waals surface area (Å²) < 4.78 is 0. The molecular formula is C17H23N3OS. The molecule has 0 fully saturated rings. The number of anilines is 1. The van der Waals surface area contributed by atoms with Crippen molar-refractivity contribution in [2.75, 3.05) is 12.3 Å². The standard InChI is InChI=1S/C17H23N3OS/c1-12-11-22-15(20-12)5-4-10-19-16(21)17(2,3)13-6-8-14(18)9-7-13/h6-9,11H,4-5,10,18H2,1-3H3,(H,19,21). The molecule has 22 heavy (non-hydrogen) atoms. The summed E-state index contributed by atoms with van der Waals surface area (Å²) in [6.07, 6.45) is 1.80. The SMILES string of the molecule is Cc1csc(CCCNC(=O)C(C)(C)c2ccc(N)cc2)n1. The molecule has 1 aromatic heterocycles. The first-order valence-corrected chi connectivity index (χ1v) is 8.33. The number of nitrogen functional groups attached to an aromatic ring is 1. The number of thiazole rings is 1. The van der Waals surface area contributed by atoms with Crippen LogP contribution < -0.4 is 11.1 Å². The van der Waals surface area contributed by atoms with E-state index in [-0.39, 0.29) is 5.91 Å². The van der Waals surface area contributed by atoms with E-state index < -0.39 is 5.41 Å². The monoisotopic (exact) mass is 317 g/mol. The van der Waals surface area contributed by atoms with Gasteiger partial charge in [0.25, 0.3) is 0 Å². The molecule has 2 rings (SSSR count). The Kier molecular flexibility index (Phi) is 5.19. The minimum atomic E-state index is -0.564. The number of hydrogen-bond donors (Lipinski definition) is 2. The fourth-order valence-electron chi connectivity index (χ4n) is 2.21. The lowest BCUT2D eigenvalue weighted by Crippen LogP contribution is -2.40. The van der Waals surface area contributed by atoms with Crippen LogP contribution in [0.15, 0.2) is 29.6 Å². The molecule has 5 heteroatoms. The average Bonchev–Trinajstić information content (AvgIpc) is 2.89. The zero-order chi connectivity index (χ0) is 16.2. The van der Waals surface area contributed by atoms with Gasteiger partial charge in [-0.05, 0) is 44.9 Å². The zero-order valence-electron chi connectivity index (χ0n) is 13.3. The Balaban J connectivity index is 1.84. The molecule has 1 aromatic carbocycles. The Hall–Kier alpha value is -1.88. The number of nitrogens with two attached hydrogens (primary N) is 1. The third kappa shape index (κ3) is 4.07. The summed E-state index contributed by atoms with van der Waals surface area (Å²) in [7, 11) is 0. The summed E-state index contributed by atoms with van der Waals surface area (Å²) in [5.74, 6) is 0.0348. The minimum absolute atomic E-state index is 0.0348. The zero-order valence-corrected chi connectivity index (χ0v) is 14.2. The van der Waals surface area contributed by atoms with Crippen LogP contribution in [0.1, 0.15) is 36.5 Å². The lowest BCUT2D eigenvalue weighted by molar-refractivity contribution is -0.125. The van der Waals surface area contributed by atoms with Crippen molar-refractivity contribution >= 4 is 22.9 Å². The van der Waals surface area contributed by atoms with Gasteiger partial charge in [-0.3, -0.25) is 4.79 Å². The van der Waals surface area contributed by atoms with E-state index in [1.54, 1.807) is 11.3 Å². The van der Waals surface area contributed by atoms with Crippen LogP contribution >= 0.6 is 11.3 Å². The fraction of sp³-hybridized carbons (Fsp3) is 0.412. The van der Waals surface area contributed by atoms with E-state index in [1.807, 2.05) is 45.0 Å². The van der Waals surface area contributed by atoms with Crippen LogP contribution in [0.4, 0.5) is 5.69 Å². The lowest BCUT2D eigenvalue weighted by atomic mass is 9.83. The number of amides is 1. The Morgan fingerprint density at radius 2 is 2.00 bits per heavy atom. The molecule has 0 saturated heterocycles. The maximum atomic E-state index is 12.4. The van der Waals surface area contributed by atoms with Crippen LogP contribution in [0.25, 0.3) is 0 Å². The number of carbonyl (C=O) groups is 1. The summed E-state index contributed by atoms with van der Waals surface area (Å²) in [6, 6.07) is 7.48. The Bertz CT molecular complexity index is 632. The highest BCUT2D eigenvalue weighted by Crippen LogP contribution is 2.24. The predicted octanol–water partition coefficient (Wildman–Crippen LogP) is 3.06. The number of aromatic nitrogens is 1. The summed E-state index contributed by atoms with van der Waals surface area (Å²) >= 11 is 1.68. The Morgan fingerprint density at radius 3 is 2.59 bits per heavy atom. The van der Waals surface area contributed by atoms with Crippen molar-refractivity contribution in [1.82, 2.24) is 10.3 Å². The van der Waals surface area contributed by atoms with Gasteiger partial charge in [-0.15, -0.1) is 11.3 Å². The van der Waals surface area contributed by atoms with Crippen molar-refractivity contribution in [2.45, 2.75) is 39.0 Å². The third-order valence-electron chi connectivity index (χ3n) is 3.72. The van der Waals surface area contributed by atoms with Gasteiger partial charge in [0.15, 0.2) is 0 Å². The van der Waals surface area contributed by atoms with E-state index in [1.165, 1.54) is 0 Å². The molecule has 0 unspecified atom stereocenters. The maximum Gasteiger partial charge on any atom is 0.230 e. The maximum absolute atomic E-state index is 12.4. The van der Waals surface area contributed by atoms with Crippen molar-refractivity contribution in [2.24, 2.45) is 0 Å². The fourth-order valence-corrected chi connectivity index (χ4v) is 3.03. The van der Waals surface area contributed by atoms with Crippen LogP contribution in [-0.2, 0) is 16.6 Å². The second-order valence-electron chi connectivity index (χ2n) is 5.99. The number of hydrogen-bond acceptors (Lipinski definition) is 4. The molecule has 0 saturated carbocycles. The summed E-state index contributed by atoms with van der Waals surface area (Å²) in [4.78, 5) is 16.8. The second-order valence-corrected chi connectivity index (χ2v) is 6.93. The highest BCUT2D eigenvalue weighted by molar-refractivity contribution is 7.09. The predicted molar refractivity (Wildman–Crippen MR) is 92.1 cm³/mol. The molecular weight excluding hydrogens is 294 g/mol. The van der Waals surface area contributed by atoms with E-state index in [9.17, 15) is 4.79 Å². The normalized spacial score (nSPS) is 11.4. The first-order valence-electron chi connectivity index (χ1n) is 7.45. The van der Waals surface area contributed by atoms with Crippen molar-refractivity contribution in [3.8, 4) is 0 Å². The molecule has 0 aliphatic rings. The minimum Gasteiger partial charge on any atom is -0.399 e. The van der Waals surface area contributed by atoms with Gasteiger partial charge in [-0.1, -0.05) is 12.1 Å². The molecule has 3 N–H and O–H groups in total. The van der Waals surface area contributed by atoms with E-state index in [2.05, 4.69) is 15.7 Å². The van der Waals surface area contributed by atoms with E-state index in [0.717, 1.165) is 29.1 Å². The number of nitrogens with one attached hydrogen (secondary N) is 1. The lowest BCUT2D eigenvalue weighted by Gasteiger charge is -2.24. The van der Waals surface area contributed by atoms with Crippen LogP contribution in [0, 0.1) is 6.92 Å².